The highest BCUT2D eigenvalue weighted by atomic mass is 35.5. The molecule has 2 aromatic rings. The van der Waals surface area contributed by atoms with Gasteiger partial charge in [-0.15, -0.1) is 5.10 Å². The van der Waals surface area contributed by atoms with Gasteiger partial charge in [0.15, 0.2) is 0 Å². The van der Waals surface area contributed by atoms with Crippen LogP contribution in [0.3, 0.4) is 0 Å². The molecule has 0 bridgehead atoms. The van der Waals surface area contributed by atoms with Crippen LogP contribution in [0.25, 0.3) is 0 Å². The van der Waals surface area contributed by atoms with Crippen LogP contribution in [0.15, 0.2) is 24.3 Å². The molecule has 7 heteroatoms. The van der Waals surface area contributed by atoms with Crippen LogP contribution >= 0.6 is 11.6 Å². The molecule has 1 heterocycles. The largest absolute Gasteiger partial charge is 0.489 e. The first-order valence-electron chi connectivity index (χ1n) is 5.45. The highest BCUT2D eigenvalue weighted by molar-refractivity contribution is 6.32. The quantitative estimate of drug-likeness (QED) is 0.878. The van der Waals surface area contributed by atoms with Crippen LogP contribution in [0, 0.1) is 6.92 Å². The van der Waals surface area contributed by atoms with Crippen molar-refractivity contribution in [3.05, 3.63) is 35.1 Å². The number of tetrazole rings is 1. The summed E-state index contributed by atoms with van der Waals surface area (Å²) in [6, 6.07) is 7.11. The lowest BCUT2D eigenvalue weighted by atomic mass is 10.3. The van der Waals surface area contributed by atoms with E-state index in [1.807, 2.05) is 12.1 Å². The standard InChI is InChI=1S/C11H13ClN4O2/c1-8-13-14-15-16(8)6-9(17)7-18-11-5-3-2-4-10(11)12/h2-5,9,17H,6-7H2,1H3/t9-/m0/s1. The van der Waals surface area contributed by atoms with Crippen molar-refractivity contribution in [2.75, 3.05) is 6.61 Å². The van der Waals surface area contributed by atoms with E-state index in [9.17, 15) is 5.11 Å². The molecular formula is C11H13ClN4O2. The van der Waals surface area contributed by atoms with Crippen LogP contribution in [0.5, 0.6) is 5.75 Å². The van der Waals surface area contributed by atoms with Crippen molar-refractivity contribution in [2.45, 2.75) is 19.6 Å². The summed E-state index contributed by atoms with van der Waals surface area (Å²) < 4.78 is 6.94. The fourth-order valence-corrected chi connectivity index (χ4v) is 1.61. The van der Waals surface area contributed by atoms with Gasteiger partial charge < -0.3 is 9.84 Å². The lowest BCUT2D eigenvalue weighted by Crippen LogP contribution is -2.24. The molecule has 1 aromatic heterocycles. The molecule has 0 saturated carbocycles. The zero-order chi connectivity index (χ0) is 13.0. The zero-order valence-electron chi connectivity index (χ0n) is 9.82. The van der Waals surface area contributed by atoms with Crippen LogP contribution in [-0.4, -0.2) is 38.0 Å². The van der Waals surface area contributed by atoms with Crippen molar-refractivity contribution in [1.82, 2.24) is 20.2 Å². The first kappa shape index (κ1) is 12.8. The number of aryl methyl sites for hydroxylation is 1. The molecule has 0 amide bonds. The topological polar surface area (TPSA) is 73.1 Å². The Kier molecular flexibility index (Phi) is 4.11. The summed E-state index contributed by atoms with van der Waals surface area (Å²) in [6.07, 6.45) is -0.705. The van der Waals surface area contributed by atoms with Gasteiger partial charge in [-0.05, 0) is 29.5 Å². The molecule has 0 aliphatic carbocycles. The summed E-state index contributed by atoms with van der Waals surface area (Å²) in [5.74, 6) is 1.19. The normalized spacial score (nSPS) is 12.4. The summed E-state index contributed by atoms with van der Waals surface area (Å²) in [4.78, 5) is 0. The van der Waals surface area contributed by atoms with Crippen molar-refractivity contribution in [2.24, 2.45) is 0 Å². The second-order valence-electron chi connectivity index (χ2n) is 3.80. The first-order valence-corrected chi connectivity index (χ1v) is 5.83. The predicted molar refractivity (Wildman–Crippen MR) is 65.5 cm³/mol. The third-order valence-corrected chi connectivity index (χ3v) is 2.67. The second-order valence-corrected chi connectivity index (χ2v) is 4.21. The predicted octanol–water partition coefficient (Wildman–Crippen LogP) is 1.07. The Morgan fingerprint density at radius 2 is 2.22 bits per heavy atom. The minimum atomic E-state index is -0.705. The molecule has 0 spiro atoms. The highest BCUT2D eigenvalue weighted by Gasteiger charge is 2.10. The van der Waals surface area contributed by atoms with E-state index in [2.05, 4.69) is 15.5 Å². The van der Waals surface area contributed by atoms with Crippen molar-refractivity contribution in [3.8, 4) is 5.75 Å². The summed E-state index contributed by atoms with van der Waals surface area (Å²) in [5.41, 5.74) is 0. The average Bonchev–Trinajstić information content (AvgIpc) is 2.74. The molecular weight excluding hydrogens is 256 g/mol. The van der Waals surface area contributed by atoms with Gasteiger partial charge in [-0.1, -0.05) is 23.7 Å². The van der Waals surface area contributed by atoms with Crippen molar-refractivity contribution >= 4 is 11.6 Å². The van der Waals surface area contributed by atoms with Crippen molar-refractivity contribution in [3.63, 3.8) is 0 Å². The minimum Gasteiger partial charge on any atom is -0.489 e. The van der Waals surface area contributed by atoms with Crippen molar-refractivity contribution < 1.29 is 9.84 Å². The van der Waals surface area contributed by atoms with E-state index < -0.39 is 6.10 Å². The number of hydrogen-bond acceptors (Lipinski definition) is 5. The molecule has 1 aromatic carbocycles. The molecule has 0 fully saturated rings. The number of benzene rings is 1. The third kappa shape index (κ3) is 3.18. The SMILES string of the molecule is Cc1nnnn1C[C@H](O)COc1ccccc1Cl. The van der Waals surface area contributed by atoms with Gasteiger partial charge in [0.25, 0.3) is 0 Å². The number of nitrogens with zero attached hydrogens (tertiary/aromatic N) is 4. The maximum Gasteiger partial charge on any atom is 0.148 e. The Hall–Kier alpha value is -1.66. The monoisotopic (exact) mass is 268 g/mol. The fraction of sp³-hybridized carbons (Fsp3) is 0.364. The van der Waals surface area contributed by atoms with E-state index in [1.165, 1.54) is 4.68 Å². The number of aliphatic hydroxyl groups is 1. The maximum atomic E-state index is 9.81. The zero-order valence-corrected chi connectivity index (χ0v) is 10.6. The maximum absolute atomic E-state index is 9.81. The van der Waals surface area contributed by atoms with Crippen LogP contribution in [-0.2, 0) is 6.54 Å². The molecule has 0 aliphatic heterocycles. The summed E-state index contributed by atoms with van der Waals surface area (Å²) in [5, 5.41) is 21.3. The van der Waals surface area contributed by atoms with Gasteiger partial charge in [0, 0.05) is 0 Å². The molecule has 1 N–H and O–H groups in total. The molecule has 0 unspecified atom stereocenters. The minimum absolute atomic E-state index is 0.128. The third-order valence-electron chi connectivity index (χ3n) is 2.36. The Balaban J connectivity index is 1.87. The molecule has 0 saturated heterocycles. The average molecular weight is 269 g/mol. The summed E-state index contributed by atoms with van der Waals surface area (Å²) >= 11 is 5.93. The van der Waals surface area contributed by atoms with Crippen LogP contribution in [0.2, 0.25) is 5.02 Å². The fourth-order valence-electron chi connectivity index (χ4n) is 1.42. The molecule has 1 atom stereocenters. The molecule has 18 heavy (non-hydrogen) atoms. The van der Waals surface area contributed by atoms with Gasteiger partial charge in [-0.25, -0.2) is 4.68 Å². The van der Waals surface area contributed by atoms with E-state index in [0.717, 1.165) is 0 Å². The molecule has 0 radical (unpaired) electrons. The van der Waals surface area contributed by atoms with E-state index >= 15 is 0 Å². The van der Waals surface area contributed by atoms with Crippen LogP contribution in [0.1, 0.15) is 5.82 Å². The Morgan fingerprint density at radius 1 is 1.44 bits per heavy atom. The number of para-hydroxylation sites is 1. The van der Waals surface area contributed by atoms with E-state index in [4.69, 9.17) is 16.3 Å². The number of hydrogen-bond donors (Lipinski definition) is 1. The second kappa shape index (κ2) is 5.79. The van der Waals surface area contributed by atoms with Gasteiger partial charge in [0.05, 0.1) is 11.6 Å². The van der Waals surface area contributed by atoms with Crippen LogP contribution < -0.4 is 4.74 Å². The number of aromatic nitrogens is 4. The summed E-state index contributed by atoms with van der Waals surface area (Å²) in [6.45, 7) is 2.17. The number of aliphatic hydroxyl groups excluding tert-OH is 1. The Morgan fingerprint density at radius 3 is 2.89 bits per heavy atom. The molecule has 2 rings (SSSR count). The van der Waals surface area contributed by atoms with Gasteiger partial charge in [-0.2, -0.15) is 0 Å². The van der Waals surface area contributed by atoms with Crippen molar-refractivity contribution in [1.29, 1.82) is 0 Å². The van der Waals surface area contributed by atoms with Gasteiger partial charge >= 0.3 is 0 Å². The van der Waals surface area contributed by atoms with E-state index in [1.54, 1.807) is 19.1 Å². The number of rotatable bonds is 5. The van der Waals surface area contributed by atoms with Gasteiger partial charge in [0.2, 0.25) is 0 Å². The molecule has 0 aliphatic rings. The Labute approximate surface area is 109 Å². The van der Waals surface area contributed by atoms with Gasteiger partial charge in [0.1, 0.15) is 24.3 Å². The summed E-state index contributed by atoms with van der Waals surface area (Å²) in [7, 11) is 0. The van der Waals surface area contributed by atoms with E-state index in [-0.39, 0.29) is 13.2 Å². The molecule has 96 valence electrons. The lowest BCUT2D eigenvalue weighted by Gasteiger charge is -2.13. The highest BCUT2D eigenvalue weighted by Crippen LogP contribution is 2.23. The van der Waals surface area contributed by atoms with Gasteiger partial charge in [-0.3, -0.25) is 0 Å². The lowest BCUT2D eigenvalue weighted by molar-refractivity contribution is 0.0882. The first-order chi connectivity index (χ1) is 8.66. The molecule has 6 nitrogen and oxygen atoms in total. The number of halogens is 1. The van der Waals surface area contributed by atoms with E-state index in [0.29, 0.717) is 16.6 Å². The van der Waals surface area contributed by atoms with Crippen LogP contribution in [0.4, 0.5) is 0 Å². The smallest absolute Gasteiger partial charge is 0.148 e. The number of ether oxygens (including phenoxy) is 1. The Bertz CT molecular complexity index is 517.